The zero-order valence-corrected chi connectivity index (χ0v) is 5.46. The molecule has 0 aliphatic rings. The van der Waals surface area contributed by atoms with Gasteiger partial charge in [-0.15, -0.1) is 0 Å². The molecule has 54 valence electrons. The largest absolute Gasteiger partial charge is 0.492 e. The van der Waals surface area contributed by atoms with Crippen molar-refractivity contribution in [1.29, 1.82) is 0 Å². The van der Waals surface area contributed by atoms with Crippen molar-refractivity contribution in [3.8, 4) is 0 Å². The van der Waals surface area contributed by atoms with Gasteiger partial charge in [0.2, 0.25) is 0 Å². The van der Waals surface area contributed by atoms with Gasteiger partial charge in [-0.3, -0.25) is 0 Å². The van der Waals surface area contributed by atoms with E-state index in [9.17, 15) is 0 Å². The Morgan fingerprint density at radius 1 is 1.44 bits per heavy atom. The third-order valence-corrected chi connectivity index (χ3v) is 0.934. The van der Waals surface area contributed by atoms with E-state index in [1.165, 1.54) is 0 Å². The van der Waals surface area contributed by atoms with Gasteiger partial charge in [-0.1, -0.05) is 0 Å². The Balaban J connectivity index is 3.09. The van der Waals surface area contributed by atoms with Crippen molar-refractivity contribution < 1.29 is 9.51 Å². The quantitative estimate of drug-likeness (QED) is 0.313. The third kappa shape index (κ3) is 4.37. The van der Waals surface area contributed by atoms with Crippen LogP contribution in [0.3, 0.4) is 0 Å². The van der Waals surface area contributed by atoms with E-state index in [0.29, 0.717) is 6.32 Å². The summed E-state index contributed by atoms with van der Waals surface area (Å²) in [5, 5.41) is 2.90. The molecule has 5 N–H and O–H groups in total. The Morgan fingerprint density at radius 3 is 2.33 bits per heavy atom. The molecule has 0 spiro atoms. The van der Waals surface area contributed by atoms with E-state index in [4.69, 9.17) is 11.8 Å². The van der Waals surface area contributed by atoms with Gasteiger partial charge in [0, 0.05) is 0 Å². The summed E-state index contributed by atoms with van der Waals surface area (Å²) in [5.41, 5.74) is 0. The lowest BCUT2D eigenvalue weighted by Crippen LogP contribution is -2.32. The molecule has 0 radical (unpaired) electrons. The zero-order chi connectivity index (χ0) is 7.11. The topological polar surface area (TPSA) is 82.5 Å². The van der Waals surface area contributed by atoms with Crippen LogP contribution in [0, 0.1) is 0 Å². The molecule has 0 bridgehead atoms. The van der Waals surface area contributed by atoms with Gasteiger partial charge in [0.1, 0.15) is 0 Å². The normalized spacial score (nSPS) is 9.67. The highest BCUT2D eigenvalue weighted by Gasteiger charge is 2.13. The standard InChI is InChI=1S/C3H12BN3O2/c1-7-3-2-4(8-5)9-6/h7H,2-3,5-6H2,1H3. The molecule has 0 saturated carbocycles. The second-order valence-electron chi connectivity index (χ2n) is 1.59. The molecule has 0 atom stereocenters. The first-order valence-corrected chi connectivity index (χ1v) is 2.70. The summed E-state index contributed by atoms with van der Waals surface area (Å²) in [5.74, 6) is 9.58. The van der Waals surface area contributed by atoms with Gasteiger partial charge in [-0.05, 0) is 19.9 Å². The Kier molecular flexibility index (Phi) is 5.90. The molecule has 0 aromatic heterocycles. The van der Waals surface area contributed by atoms with Gasteiger partial charge in [0.25, 0.3) is 0 Å². The predicted octanol–water partition coefficient (Wildman–Crippen LogP) is -1.53. The third-order valence-electron chi connectivity index (χ3n) is 0.934. The molecule has 0 amide bonds. The van der Waals surface area contributed by atoms with E-state index in [1.54, 1.807) is 0 Å². The molecular weight excluding hydrogens is 121 g/mol. The van der Waals surface area contributed by atoms with Crippen LogP contribution in [0.2, 0.25) is 6.32 Å². The molecule has 9 heavy (non-hydrogen) atoms. The molecule has 0 unspecified atom stereocenters. The number of hydrogen-bond donors (Lipinski definition) is 3. The summed E-state index contributed by atoms with van der Waals surface area (Å²) in [6, 6.07) is 0. The van der Waals surface area contributed by atoms with Gasteiger partial charge in [0.15, 0.2) is 0 Å². The summed E-state index contributed by atoms with van der Waals surface area (Å²) in [4.78, 5) is 0. The van der Waals surface area contributed by atoms with Crippen LogP contribution in [0.5, 0.6) is 0 Å². The Morgan fingerprint density at radius 2 is 2.00 bits per heavy atom. The molecular formula is C3H12BN3O2. The van der Waals surface area contributed by atoms with E-state index in [1.807, 2.05) is 7.05 Å². The average Bonchev–Trinajstić information content (AvgIpc) is 1.91. The lowest BCUT2D eigenvalue weighted by Gasteiger charge is -2.04. The highest BCUT2D eigenvalue weighted by atomic mass is 16.7. The molecule has 0 aromatic carbocycles. The summed E-state index contributed by atoms with van der Waals surface area (Å²) in [6.07, 6.45) is 0.642. The monoisotopic (exact) mass is 133 g/mol. The smallest absolute Gasteiger partial charge is 0.328 e. The maximum Gasteiger partial charge on any atom is 0.492 e. The van der Waals surface area contributed by atoms with Gasteiger partial charge in [0.05, 0.1) is 0 Å². The molecule has 0 saturated heterocycles. The van der Waals surface area contributed by atoms with Crippen molar-refractivity contribution in [1.82, 2.24) is 5.32 Å². The summed E-state index contributed by atoms with van der Waals surface area (Å²) in [7, 11) is 1.32. The Labute approximate surface area is 54.7 Å². The van der Waals surface area contributed by atoms with E-state index < -0.39 is 7.12 Å². The fourth-order valence-electron chi connectivity index (χ4n) is 0.430. The van der Waals surface area contributed by atoms with Crippen LogP contribution in [0.25, 0.3) is 0 Å². The lowest BCUT2D eigenvalue weighted by atomic mass is 9.86. The minimum atomic E-state index is -0.502. The number of hydrogen-bond acceptors (Lipinski definition) is 5. The first kappa shape index (κ1) is 8.86. The lowest BCUT2D eigenvalue weighted by molar-refractivity contribution is 0.203. The predicted molar refractivity (Wildman–Crippen MR) is 35.0 cm³/mol. The molecule has 0 aliphatic carbocycles. The van der Waals surface area contributed by atoms with Crippen LogP contribution in [0.15, 0.2) is 0 Å². The summed E-state index contributed by atoms with van der Waals surface area (Å²) >= 11 is 0. The van der Waals surface area contributed by atoms with Crippen molar-refractivity contribution in [2.45, 2.75) is 6.32 Å². The minimum absolute atomic E-state index is 0.502. The van der Waals surface area contributed by atoms with Crippen molar-refractivity contribution in [3.05, 3.63) is 0 Å². The maximum absolute atomic E-state index is 4.79. The zero-order valence-electron chi connectivity index (χ0n) is 5.46. The highest BCUT2D eigenvalue weighted by molar-refractivity contribution is 6.44. The van der Waals surface area contributed by atoms with Crippen LogP contribution < -0.4 is 17.1 Å². The van der Waals surface area contributed by atoms with Crippen LogP contribution in [-0.2, 0) is 9.51 Å². The number of nitrogens with one attached hydrogen (secondary N) is 1. The van der Waals surface area contributed by atoms with Crippen molar-refractivity contribution >= 4 is 7.12 Å². The SMILES string of the molecule is CNCCB(ON)ON. The second kappa shape index (κ2) is 5.99. The van der Waals surface area contributed by atoms with E-state index >= 15 is 0 Å². The second-order valence-corrected chi connectivity index (χ2v) is 1.59. The first-order chi connectivity index (χ1) is 4.35. The van der Waals surface area contributed by atoms with Crippen molar-refractivity contribution in [2.75, 3.05) is 13.6 Å². The van der Waals surface area contributed by atoms with Crippen molar-refractivity contribution in [3.63, 3.8) is 0 Å². The van der Waals surface area contributed by atoms with E-state index in [-0.39, 0.29) is 0 Å². The van der Waals surface area contributed by atoms with Crippen LogP contribution in [-0.4, -0.2) is 20.7 Å². The molecule has 6 heteroatoms. The fourth-order valence-corrected chi connectivity index (χ4v) is 0.430. The molecule has 0 rings (SSSR count). The number of rotatable bonds is 5. The van der Waals surface area contributed by atoms with E-state index in [2.05, 4.69) is 14.8 Å². The summed E-state index contributed by atoms with van der Waals surface area (Å²) < 4.78 is 8.63. The highest BCUT2D eigenvalue weighted by Crippen LogP contribution is 1.87. The fraction of sp³-hybridized carbons (Fsp3) is 1.00. The van der Waals surface area contributed by atoms with Gasteiger partial charge in [-0.25, -0.2) is 11.8 Å². The molecule has 5 nitrogen and oxygen atoms in total. The summed E-state index contributed by atoms with van der Waals surface area (Å²) in [6.45, 7) is 0.763. The average molecular weight is 133 g/mol. The van der Waals surface area contributed by atoms with Gasteiger partial charge in [-0.2, -0.15) is 0 Å². The minimum Gasteiger partial charge on any atom is -0.328 e. The van der Waals surface area contributed by atoms with Gasteiger partial charge < -0.3 is 14.8 Å². The molecule has 0 heterocycles. The van der Waals surface area contributed by atoms with Crippen LogP contribution >= 0.6 is 0 Å². The Hall–Kier alpha value is -0.135. The molecule has 0 aromatic rings. The molecule has 0 fully saturated rings. The maximum atomic E-state index is 4.79. The first-order valence-electron chi connectivity index (χ1n) is 2.70. The van der Waals surface area contributed by atoms with Crippen molar-refractivity contribution in [2.24, 2.45) is 11.8 Å². The van der Waals surface area contributed by atoms with Crippen LogP contribution in [0.4, 0.5) is 0 Å². The van der Waals surface area contributed by atoms with Crippen LogP contribution in [0.1, 0.15) is 0 Å². The van der Waals surface area contributed by atoms with Gasteiger partial charge >= 0.3 is 7.12 Å². The number of nitrogens with two attached hydrogens (primary N) is 2. The Bertz CT molecular complexity index is 61.0. The molecule has 0 aliphatic heterocycles. The van der Waals surface area contributed by atoms with E-state index in [0.717, 1.165) is 6.54 Å².